The normalized spacial score (nSPS) is 19.8. The fraction of sp³-hybridized carbons (Fsp3) is 0.650. The first kappa shape index (κ1) is 18.8. The molecule has 0 aromatic carbocycles. The molecular formula is C20H28N6O2. The van der Waals surface area contributed by atoms with Crippen LogP contribution in [0.1, 0.15) is 91.7 Å². The maximum atomic E-state index is 13.4. The lowest BCUT2D eigenvalue weighted by molar-refractivity contribution is 0.0632. The number of carbonyl (C=O) groups is 1. The van der Waals surface area contributed by atoms with Gasteiger partial charge in [-0.05, 0) is 38.2 Å². The number of hydrogen-bond acceptors (Lipinski definition) is 5. The van der Waals surface area contributed by atoms with Crippen molar-refractivity contribution in [3.63, 3.8) is 0 Å². The Balaban J connectivity index is 1.67. The number of aromatic amines is 1. The number of aryl methyl sites for hydroxylation is 1. The monoisotopic (exact) mass is 384 g/mol. The topological polar surface area (TPSA) is 96.8 Å². The van der Waals surface area contributed by atoms with Gasteiger partial charge >= 0.3 is 0 Å². The standard InChI is InChI=1S/C20H28N6O2/c1-4-14-15(5-2)21-24-19(27)16(14)20(28)25-10-11-26-17(12(25)3)22-23-18(26)13-8-6-7-9-13/h12-13H,4-11H2,1-3H3,(H,24,27). The molecule has 3 heterocycles. The van der Waals surface area contributed by atoms with Crippen LogP contribution in [0, 0.1) is 0 Å². The van der Waals surface area contributed by atoms with Crippen molar-refractivity contribution in [2.75, 3.05) is 6.54 Å². The summed E-state index contributed by atoms with van der Waals surface area (Å²) in [6.45, 7) is 7.13. The van der Waals surface area contributed by atoms with Crippen molar-refractivity contribution >= 4 is 5.91 Å². The van der Waals surface area contributed by atoms with Crippen LogP contribution in [0.15, 0.2) is 4.79 Å². The Kier molecular flexibility index (Phi) is 5.03. The van der Waals surface area contributed by atoms with E-state index in [1.54, 1.807) is 4.90 Å². The maximum Gasteiger partial charge on any atom is 0.277 e. The summed E-state index contributed by atoms with van der Waals surface area (Å²) in [4.78, 5) is 27.6. The van der Waals surface area contributed by atoms with Gasteiger partial charge in [0.25, 0.3) is 11.5 Å². The molecule has 2 aromatic heterocycles. The van der Waals surface area contributed by atoms with Gasteiger partial charge in [0.15, 0.2) is 5.82 Å². The van der Waals surface area contributed by atoms with E-state index < -0.39 is 5.56 Å². The molecule has 0 radical (unpaired) electrons. The SMILES string of the molecule is CCc1n[nH]c(=O)c(C(=O)N2CCn3c(C4CCCC4)nnc3C2C)c1CC. The summed E-state index contributed by atoms with van der Waals surface area (Å²) < 4.78 is 2.19. The summed E-state index contributed by atoms with van der Waals surface area (Å²) in [5, 5.41) is 15.5. The van der Waals surface area contributed by atoms with Gasteiger partial charge in [-0.3, -0.25) is 9.59 Å². The summed E-state index contributed by atoms with van der Waals surface area (Å²) in [5.41, 5.74) is 1.35. The van der Waals surface area contributed by atoms with Gasteiger partial charge < -0.3 is 9.47 Å². The van der Waals surface area contributed by atoms with E-state index in [2.05, 4.69) is 25.0 Å². The summed E-state index contributed by atoms with van der Waals surface area (Å²) >= 11 is 0. The lowest BCUT2D eigenvalue weighted by atomic mass is 10.0. The second-order valence-electron chi connectivity index (χ2n) is 7.78. The van der Waals surface area contributed by atoms with Gasteiger partial charge in [0, 0.05) is 19.0 Å². The van der Waals surface area contributed by atoms with Crippen LogP contribution in [-0.2, 0) is 19.4 Å². The zero-order chi connectivity index (χ0) is 19.8. The average molecular weight is 384 g/mol. The second-order valence-corrected chi connectivity index (χ2v) is 7.78. The van der Waals surface area contributed by atoms with Crippen molar-refractivity contribution in [2.45, 2.75) is 77.8 Å². The minimum absolute atomic E-state index is 0.216. The first-order valence-corrected chi connectivity index (χ1v) is 10.4. The van der Waals surface area contributed by atoms with E-state index in [-0.39, 0.29) is 17.5 Å². The molecule has 1 unspecified atom stereocenters. The van der Waals surface area contributed by atoms with E-state index in [4.69, 9.17) is 0 Å². The van der Waals surface area contributed by atoms with E-state index >= 15 is 0 Å². The minimum Gasteiger partial charge on any atom is -0.327 e. The highest BCUT2D eigenvalue weighted by molar-refractivity contribution is 5.95. The molecule has 150 valence electrons. The van der Waals surface area contributed by atoms with Crippen LogP contribution in [0.2, 0.25) is 0 Å². The molecule has 2 aliphatic rings. The van der Waals surface area contributed by atoms with Gasteiger partial charge in [-0.15, -0.1) is 10.2 Å². The highest BCUT2D eigenvalue weighted by Gasteiger charge is 2.35. The van der Waals surface area contributed by atoms with E-state index in [0.717, 1.165) is 22.9 Å². The summed E-state index contributed by atoms with van der Waals surface area (Å²) in [6, 6.07) is -0.216. The van der Waals surface area contributed by atoms with Gasteiger partial charge in [-0.1, -0.05) is 26.7 Å². The molecule has 28 heavy (non-hydrogen) atoms. The molecule has 1 aliphatic heterocycles. The number of nitrogens with one attached hydrogen (secondary N) is 1. The number of fused-ring (bicyclic) bond motifs is 1. The average Bonchev–Trinajstić information content (AvgIpc) is 3.37. The number of H-pyrrole nitrogens is 1. The summed E-state index contributed by atoms with van der Waals surface area (Å²) in [5.74, 6) is 2.13. The molecule has 0 bridgehead atoms. The number of carbonyl (C=O) groups excluding carboxylic acids is 1. The van der Waals surface area contributed by atoms with Gasteiger partial charge in [-0.25, -0.2) is 5.10 Å². The molecular weight excluding hydrogens is 356 g/mol. The zero-order valence-electron chi connectivity index (χ0n) is 16.9. The van der Waals surface area contributed by atoms with Gasteiger partial charge in [-0.2, -0.15) is 5.10 Å². The molecule has 4 rings (SSSR count). The van der Waals surface area contributed by atoms with Crippen LogP contribution in [0.5, 0.6) is 0 Å². The van der Waals surface area contributed by atoms with Gasteiger partial charge in [0.05, 0.1) is 11.7 Å². The largest absolute Gasteiger partial charge is 0.327 e. The first-order valence-electron chi connectivity index (χ1n) is 10.4. The molecule has 1 atom stereocenters. The Morgan fingerprint density at radius 3 is 2.50 bits per heavy atom. The fourth-order valence-electron chi connectivity index (χ4n) is 4.74. The van der Waals surface area contributed by atoms with E-state index in [1.807, 2.05) is 20.8 Å². The minimum atomic E-state index is -0.412. The predicted octanol–water partition coefficient (Wildman–Crippen LogP) is 2.36. The molecule has 0 saturated heterocycles. The lowest BCUT2D eigenvalue weighted by Crippen LogP contribution is -2.44. The molecule has 1 fully saturated rings. The van der Waals surface area contributed by atoms with Crippen LogP contribution in [0.4, 0.5) is 0 Å². The van der Waals surface area contributed by atoms with Crippen molar-refractivity contribution in [1.82, 2.24) is 29.9 Å². The maximum absolute atomic E-state index is 13.4. The van der Waals surface area contributed by atoms with Crippen LogP contribution in [0.25, 0.3) is 0 Å². The molecule has 0 spiro atoms. The lowest BCUT2D eigenvalue weighted by Gasteiger charge is -2.34. The van der Waals surface area contributed by atoms with Crippen molar-refractivity contribution in [3.05, 3.63) is 38.8 Å². The molecule has 2 aromatic rings. The number of aromatic nitrogens is 5. The van der Waals surface area contributed by atoms with Gasteiger partial charge in [0.1, 0.15) is 11.4 Å². The van der Waals surface area contributed by atoms with Gasteiger partial charge in [0.2, 0.25) is 0 Å². The van der Waals surface area contributed by atoms with Crippen LogP contribution in [-0.4, -0.2) is 42.3 Å². The van der Waals surface area contributed by atoms with E-state index in [1.165, 1.54) is 25.7 Å². The van der Waals surface area contributed by atoms with Crippen molar-refractivity contribution in [2.24, 2.45) is 0 Å². The molecule has 1 amide bonds. The molecule has 1 aliphatic carbocycles. The summed E-state index contributed by atoms with van der Waals surface area (Å²) in [7, 11) is 0. The molecule has 8 heteroatoms. The van der Waals surface area contributed by atoms with Crippen molar-refractivity contribution in [1.29, 1.82) is 0 Å². The Labute approximate surface area is 164 Å². The van der Waals surface area contributed by atoms with Crippen LogP contribution in [0.3, 0.4) is 0 Å². The third-order valence-corrected chi connectivity index (χ3v) is 6.27. The first-order chi connectivity index (χ1) is 13.6. The highest BCUT2D eigenvalue weighted by Crippen LogP contribution is 2.36. The quantitative estimate of drug-likeness (QED) is 0.873. The Morgan fingerprint density at radius 1 is 1.11 bits per heavy atom. The fourth-order valence-corrected chi connectivity index (χ4v) is 4.74. The second kappa shape index (κ2) is 7.48. The summed E-state index contributed by atoms with van der Waals surface area (Å²) in [6.07, 6.45) is 6.11. The van der Waals surface area contributed by atoms with Crippen LogP contribution < -0.4 is 5.56 Å². The van der Waals surface area contributed by atoms with E-state index in [0.29, 0.717) is 31.8 Å². The number of nitrogens with zero attached hydrogens (tertiary/aromatic N) is 5. The van der Waals surface area contributed by atoms with Crippen molar-refractivity contribution in [3.8, 4) is 0 Å². The predicted molar refractivity (Wildman–Crippen MR) is 104 cm³/mol. The number of hydrogen-bond donors (Lipinski definition) is 1. The Hall–Kier alpha value is -2.51. The van der Waals surface area contributed by atoms with Crippen LogP contribution >= 0.6 is 0 Å². The third kappa shape index (κ3) is 2.95. The van der Waals surface area contributed by atoms with E-state index in [9.17, 15) is 9.59 Å². The van der Waals surface area contributed by atoms with Crippen molar-refractivity contribution < 1.29 is 4.79 Å². The molecule has 1 N–H and O–H groups in total. The highest BCUT2D eigenvalue weighted by atomic mass is 16.2. The third-order valence-electron chi connectivity index (χ3n) is 6.27. The zero-order valence-corrected chi connectivity index (χ0v) is 16.9. The Morgan fingerprint density at radius 2 is 1.82 bits per heavy atom. The molecule has 8 nitrogen and oxygen atoms in total. The smallest absolute Gasteiger partial charge is 0.277 e. The Bertz CT molecular complexity index is 941. The number of amides is 1. The molecule has 1 saturated carbocycles. The number of rotatable bonds is 4.